The summed E-state index contributed by atoms with van der Waals surface area (Å²) in [4.78, 5) is 28.3. The number of anilines is 1. The largest absolute Gasteiger partial charge is 0.479 e. The van der Waals surface area contributed by atoms with Crippen LogP contribution in [0.3, 0.4) is 0 Å². The highest BCUT2D eigenvalue weighted by Gasteiger charge is 2.24. The van der Waals surface area contributed by atoms with Crippen LogP contribution in [0.5, 0.6) is 5.75 Å². The van der Waals surface area contributed by atoms with E-state index < -0.39 is 12.1 Å². The van der Waals surface area contributed by atoms with Crippen molar-refractivity contribution in [2.45, 2.75) is 13.0 Å². The molecular formula is C21H23ClN2O4. The Kier molecular flexibility index (Phi) is 6.76. The van der Waals surface area contributed by atoms with Crippen LogP contribution in [0.4, 0.5) is 5.69 Å². The fourth-order valence-electron chi connectivity index (χ4n) is 2.98. The van der Waals surface area contributed by atoms with Crippen molar-refractivity contribution in [1.82, 2.24) is 4.90 Å². The molecule has 1 fully saturated rings. The third-order valence-corrected chi connectivity index (χ3v) is 4.77. The topological polar surface area (TPSA) is 59.1 Å². The zero-order valence-corrected chi connectivity index (χ0v) is 16.5. The summed E-state index contributed by atoms with van der Waals surface area (Å²) >= 11 is 6.04. The summed E-state index contributed by atoms with van der Waals surface area (Å²) in [5.74, 6) is -0.184. The number of carbonyl (C=O) groups excluding carboxylic acids is 2. The lowest BCUT2D eigenvalue weighted by atomic mass is 10.2. The summed E-state index contributed by atoms with van der Waals surface area (Å²) in [6.45, 7) is 3.86. The maximum absolute atomic E-state index is 12.3. The number of esters is 1. The Hall–Kier alpha value is -2.73. The molecule has 1 aliphatic rings. The first-order valence-corrected chi connectivity index (χ1v) is 9.57. The normalized spacial score (nSPS) is 15.1. The number of carbonyl (C=O) groups is 2. The van der Waals surface area contributed by atoms with Gasteiger partial charge >= 0.3 is 5.97 Å². The van der Waals surface area contributed by atoms with Crippen LogP contribution in [0.2, 0.25) is 5.02 Å². The Morgan fingerprint density at radius 3 is 2.43 bits per heavy atom. The van der Waals surface area contributed by atoms with Crippen molar-refractivity contribution in [2.24, 2.45) is 0 Å². The Morgan fingerprint density at radius 1 is 1.04 bits per heavy atom. The zero-order valence-electron chi connectivity index (χ0n) is 15.7. The molecule has 148 valence electrons. The number of ether oxygens (including phenoxy) is 2. The zero-order chi connectivity index (χ0) is 19.9. The number of nitrogens with zero attached hydrogens (tertiary/aromatic N) is 2. The predicted molar refractivity (Wildman–Crippen MR) is 108 cm³/mol. The molecule has 0 unspecified atom stereocenters. The van der Waals surface area contributed by atoms with Crippen LogP contribution >= 0.6 is 11.6 Å². The predicted octanol–water partition coefficient (Wildman–Crippen LogP) is 3.00. The highest BCUT2D eigenvalue weighted by molar-refractivity contribution is 6.30. The van der Waals surface area contributed by atoms with Crippen LogP contribution in [0.25, 0.3) is 0 Å². The van der Waals surface area contributed by atoms with Crippen LogP contribution in [0.1, 0.15) is 6.92 Å². The maximum Gasteiger partial charge on any atom is 0.347 e. The number of para-hydroxylation sites is 1. The standard InChI is InChI=1S/C21H23ClN2O4/c1-16(28-19-8-3-2-4-9-19)21(26)27-15-20(25)24-12-10-23(11-13-24)18-7-5-6-17(22)14-18/h2-9,14,16H,10-13,15H2,1H3/t16-/m1/s1. The van der Waals surface area contributed by atoms with Gasteiger partial charge in [-0.2, -0.15) is 0 Å². The summed E-state index contributed by atoms with van der Waals surface area (Å²) in [6.07, 6.45) is -0.783. The molecule has 1 saturated heterocycles. The molecule has 0 radical (unpaired) electrons. The number of halogens is 1. The number of hydrogen-bond donors (Lipinski definition) is 0. The first-order valence-electron chi connectivity index (χ1n) is 9.19. The molecule has 0 aliphatic carbocycles. The lowest BCUT2D eigenvalue weighted by Gasteiger charge is -2.36. The third kappa shape index (κ3) is 5.39. The van der Waals surface area contributed by atoms with Gasteiger partial charge in [-0.25, -0.2) is 4.79 Å². The van der Waals surface area contributed by atoms with Gasteiger partial charge in [-0.3, -0.25) is 4.79 Å². The first-order chi connectivity index (χ1) is 13.5. The molecule has 1 amide bonds. The van der Waals surface area contributed by atoms with E-state index in [-0.39, 0.29) is 12.5 Å². The van der Waals surface area contributed by atoms with E-state index in [9.17, 15) is 9.59 Å². The van der Waals surface area contributed by atoms with Crippen LogP contribution in [-0.2, 0) is 14.3 Å². The van der Waals surface area contributed by atoms with Gasteiger partial charge in [0, 0.05) is 36.9 Å². The highest BCUT2D eigenvalue weighted by Crippen LogP contribution is 2.20. The van der Waals surface area contributed by atoms with Gasteiger partial charge < -0.3 is 19.3 Å². The fraction of sp³-hybridized carbons (Fsp3) is 0.333. The Morgan fingerprint density at radius 2 is 1.75 bits per heavy atom. The van der Waals surface area contributed by atoms with Gasteiger partial charge in [-0.05, 0) is 37.3 Å². The minimum atomic E-state index is -0.783. The highest BCUT2D eigenvalue weighted by atomic mass is 35.5. The molecule has 1 heterocycles. The number of hydrogen-bond acceptors (Lipinski definition) is 5. The van der Waals surface area contributed by atoms with Crippen LogP contribution in [0.15, 0.2) is 54.6 Å². The van der Waals surface area contributed by atoms with Crippen molar-refractivity contribution in [1.29, 1.82) is 0 Å². The fourth-order valence-corrected chi connectivity index (χ4v) is 3.16. The Labute approximate surface area is 169 Å². The number of rotatable bonds is 6. The molecule has 1 atom stereocenters. The third-order valence-electron chi connectivity index (χ3n) is 4.53. The van der Waals surface area contributed by atoms with E-state index in [1.807, 2.05) is 42.5 Å². The van der Waals surface area contributed by atoms with E-state index in [1.54, 1.807) is 24.0 Å². The quantitative estimate of drug-likeness (QED) is 0.695. The number of benzene rings is 2. The van der Waals surface area contributed by atoms with E-state index >= 15 is 0 Å². The van der Waals surface area contributed by atoms with Gasteiger partial charge in [0.15, 0.2) is 12.7 Å². The van der Waals surface area contributed by atoms with Crippen molar-refractivity contribution in [2.75, 3.05) is 37.7 Å². The molecular weight excluding hydrogens is 380 g/mol. The molecule has 6 nitrogen and oxygen atoms in total. The minimum Gasteiger partial charge on any atom is -0.479 e. The van der Waals surface area contributed by atoms with Crippen molar-refractivity contribution >= 4 is 29.2 Å². The van der Waals surface area contributed by atoms with E-state index in [2.05, 4.69) is 4.90 Å². The van der Waals surface area contributed by atoms with Gasteiger partial charge in [-0.1, -0.05) is 35.9 Å². The second-order valence-electron chi connectivity index (χ2n) is 6.53. The second kappa shape index (κ2) is 9.46. The summed E-state index contributed by atoms with van der Waals surface area (Å²) < 4.78 is 10.6. The molecule has 0 bridgehead atoms. The van der Waals surface area contributed by atoms with Gasteiger partial charge in [-0.15, -0.1) is 0 Å². The lowest BCUT2D eigenvalue weighted by molar-refractivity contribution is -0.157. The summed E-state index contributed by atoms with van der Waals surface area (Å²) in [6, 6.07) is 16.7. The molecule has 7 heteroatoms. The minimum absolute atomic E-state index is 0.203. The van der Waals surface area contributed by atoms with Gasteiger partial charge in [0.25, 0.3) is 5.91 Å². The molecule has 0 N–H and O–H groups in total. The monoisotopic (exact) mass is 402 g/mol. The average molecular weight is 403 g/mol. The maximum atomic E-state index is 12.3. The van der Waals surface area contributed by atoms with Gasteiger partial charge in [0.05, 0.1) is 0 Å². The first kappa shape index (κ1) is 20.0. The average Bonchev–Trinajstić information content (AvgIpc) is 2.72. The van der Waals surface area contributed by atoms with E-state index in [1.165, 1.54) is 0 Å². The summed E-state index contributed by atoms with van der Waals surface area (Å²) in [5.41, 5.74) is 1.04. The Balaban J connectivity index is 1.42. The molecule has 3 rings (SSSR count). The lowest BCUT2D eigenvalue weighted by Crippen LogP contribution is -2.50. The van der Waals surface area contributed by atoms with E-state index in [0.717, 1.165) is 5.69 Å². The smallest absolute Gasteiger partial charge is 0.347 e. The van der Waals surface area contributed by atoms with Crippen molar-refractivity contribution < 1.29 is 19.1 Å². The SMILES string of the molecule is C[C@@H](Oc1ccccc1)C(=O)OCC(=O)N1CCN(c2cccc(Cl)c2)CC1. The van der Waals surface area contributed by atoms with E-state index in [4.69, 9.17) is 21.1 Å². The molecule has 28 heavy (non-hydrogen) atoms. The molecule has 2 aromatic rings. The molecule has 1 aliphatic heterocycles. The van der Waals surface area contributed by atoms with Crippen LogP contribution in [0, 0.1) is 0 Å². The Bertz CT molecular complexity index is 807. The van der Waals surface area contributed by atoms with Crippen molar-refractivity contribution in [3.63, 3.8) is 0 Å². The van der Waals surface area contributed by atoms with Gasteiger partial charge in [0.1, 0.15) is 5.75 Å². The molecule has 0 spiro atoms. The second-order valence-corrected chi connectivity index (χ2v) is 6.96. The van der Waals surface area contributed by atoms with Crippen LogP contribution < -0.4 is 9.64 Å². The molecule has 0 saturated carbocycles. The number of amides is 1. The molecule has 0 aromatic heterocycles. The molecule has 2 aromatic carbocycles. The number of piperazine rings is 1. The van der Waals surface area contributed by atoms with Crippen molar-refractivity contribution in [3.05, 3.63) is 59.6 Å². The van der Waals surface area contributed by atoms with Gasteiger partial charge in [0.2, 0.25) is 0 Å². The van der Waals surface area contributed by atoms with Crippen LogP contribution in [-0.4, -0.2) is 55.7 Å². The van der Waals surface area contributed by atoms with Crippen molar-refractivity contribution in [3.8, 4) is 5.75 Å². The van der Waals surface area contributed by atoms with E-state index in [0.29, 0.717) is 37.0 Å². The summed E-state index contributed by atoms with van der Waals surface area (Å²) in [5, 5.41) is 0.690. The summed E-state index contributed by atoms with van der Waals surface area (Å²) in [7, 11) is 0.